The second-order valence-corrected chi connectivity index (χ2v) is 5.61. The number of halogens is 1. The van der Waals surface area contributed by atoms with Gasteiger partial charge in [-0.25, -0.2) is 0 Å². The van der Waals surface area contributed by atoms with E-state index in [1.165, 1.54) is 5.56 Å². The molecule has 2 N–H and O–H groups in total. The highest BCUT2D eigenvalue weighted by Crippen LogP contribution is 2.31. The molecule has 22 heavy (non-hydrogen) atoms. The van der Waals surface area contributed by atoms with Crippen LogP contribution in [-0.4, -0.2) is 16.7 Å². The van der Waals surface area contributed by atoms with E-state index in [9.17, 15) is 5.11 Å². The molecule has 1 atom stereocenters. The van der Waals surface area contributed by atoms with E-state index < -0.39 is 6.29 Å². The fraction of sp³-hybridized carbons (Fsp3) is 0.222. The first-order valence-corrected chi connectivity index (χ1v) is 7.70. The molecule has 0 saturated carbocycles. The van der Waals surface area contributed by atoms with Gasteiger partial charge in [0, 0.05) is 29.0 Å². The molecule has 0 fully saturated rings. The number of aliphatic hydroxyl groups excluding tert-OH is 1. The van der Waals surface area contributed by atoms with Gasteiger partial charge < -0.3 is 14.8 Å². The van der Waals surface area contributed by atoms with Crippen molar-refractivity contribution in [2.75, 3.05) is 6.61 Å². The highest BCUT2D eigenvalue weighted by Gasteiger charge is 2.19. The molecule has 2 aromatic carbocycles. The lowest BCUT2D eigenvalue weighted by atomic mass is 10.0. The Morgan fingerprint density at radius 1 is 1.18 bits per heavy atom. The highest BCUT2D eigenvalue weighted by atomic mass is 35.5. The molecule has 1 unspecified atom stereocenters. The van der Waals surface area contributed by atoms with Crippen molar-refractivity contribution < 1.29 is 9.84 Å². The summed E-state index contributed by atoms with van der Waals surface area (Å²) in [6, 6.07) is 15.8. The van der Waals surface area contributed by atoms with E-state index in [1.807, 2.05) is 43.3 Å². The van der Waals surface area contributed by atoms with Crippen molar-refractivity contribution in [1.29, 1.82) is 0 Å². The van der Waals surface area contributed by atoms with E-state index in [0.717, 1.165) is 16.5 Å². The summed E-state index contributed by atoms with van der Waals surface area (Å²) in [4.78, 5) is 3.26. The maximum atomic E-state index is 10.3. The maximum absolute atomic E-state index is 10.3. The average molecular weight is 316 g/mol. The Kier molecular flexibility index (Phi) is 4.48. The Hall–Kier alpha value is -1.81. The van der Waals surface area contributed by atoms with Crippen LogP contribution in [0.25, 0.3) is 10.9 Å². The van der Waals surface area contributed by atoms with E-state index >= 15 is 0 Å². The highest BCUT2D eigenvalue weighted by molar-refractivity contribution is 6.31. The molecule has 1 heterocycles. The van der Waals surface area contributed by atoms with Gasteiger partial charge in [0.25, 0.3) is 0 Å². The average Bonchev–Trinajstić information content (AvgIpc) is 2.87. The van der Waals surface area contributed by atoms with Crippen molar-refractivity contribution in [2.24, 2.45) is 0 Å². The molecule has 0 saturated heterocycles. The monoisotopic (exact) mass is 315 g/mol. The van der Waals surface area contributed by atoms with Gasteiger partial charge in [-0.1, -0.05) is 41.9 Å². The van der Waals surface area contributed by atoms with Crippen LogP contribution in [0.4, 0.5) is 0 Å². The molecular formula is C18H18ClNO2. The number of hydrogen-bond acceptors (Lipinski definition) is 2. The van der Waals surface area contributed by atoms with Gasteiger partial charge in [-0.3, -0.25) is 0 Å². The van der Waals surface area contributed by atoms with E-state index in [1.54, 1.807) is 0 Å². The third kappa shape index (κ3) is 3.02. The minimum absolute atomic E-state index is 0.446. The van der Waals surface area contributed by atoms with Crippen molar-refractivity contribution in [3.8, 4) is 0 Å². The molecule has 0 amide bonds. The Morgan fingerprint density at radius 3 is 2.68 bits per heavy atom. The Labute approximate surface area is 134 Å². The van der Waals surface area contributed by atoms with Crippen LogP contribution >= 0.6 is 11.6 Å². The fourth-order valence-electron chi connectivity index (χ4n) is 2.68. The van der Waals surface area contributed by atoms with Crippen LogP contribution in [0, 0.1) is 0 Å². The summed E-state index contributed by atoms with van der Waals surface area (Å²) in [6.45, 7) is 2.31. The number of hydrogen-bond donors (Lipinski definition) is 2. The Bertz CT molecular complexity index is 767. The van der Waals surface area contributed by atoms with Crippen LogP contribution in [-0.2, 0) is 11.2 Å². The predicted octanol–water partition coefficient (Wildman–Crippen LogP) is 4.44. The summed E-state index contributed by atoms with van der Waals surface area (Å²) >= 11 is 6.14. The number of ether oxygens (including phenoxy) is 1. The molecule has 0 bridgehead atoms. The number of fused-ring (bicyclic) bond motifs is 1. The van der Waals surface area contributed by atoms with Crippen molar-refractivity contribution in [3.05, 3.63) is 70.4 Å². The summed E-state index contributed by atoms with van der Waals surface area (Å²) in [5.41, 5.74) is 3.84. The van der Waals surface area contributed by atoms with Crippen LogP contribution in [0.15, 0.2) is 48.5 Å². The molecule has 3 nitrogen and oxygen atoms in total. The number of rotatable bonds is 5. The van der Waals surface area contributed by atoms with Gasteiger partial charge in [-0.15, -0.1) is 0 Å². The van der Waals surface area contributed by atoms with Gasteiger partial charge in [0.1, 0.15) is 0 Å². The number of aromatic nitrogens is 1. The number of benzene rings is 2. The first-order chi connectivity index (χ1) is 10.7. The van der Waals surface area contributed by atoms with Crippen LogP contribution in [0.5, 0.6) is 0 Å². The van der Waals surface area contributed by atoms with E-state index in [-0.39, 0.29) is 0 Å². The van der Waals surface area contributed by atoms with Crippen molar-refractivity contribution >= 4 is 22.5 Å². The third-order valence-corrected chi connectivity index (χ3v) is 3.93. The summed E-state index contributed by atoms with van der Waals surface area (Å²) in [6.07, 6.45) is -0.254. The number of aromatic amines is 1. The molecule has 0 aliphatic heterocycles. The SMILES string of the molecule is CCOC(O)c1[nH]c2ccc(Cl)cc2c1Cc1ccccc1. The first kappa shape index (κ1) is 15.1. The summed E-state index contributed by atoms with van der Waals surface area (Å²) < 4.78 is 5.36. The normalized spacial score (nSPS) is 12.7. The zero-order valence-electron chi connectivity index (χ0n) is 12.3. The van der Waals surface area contributed by atoms with Gasteiger partial charge in [-0.2, -0.15) is 0 Å². The zero-order valence-corrected chi connectivity index (χ0v) is 13.1. The summed E-state index contributed by atoms with van der Waals surface area (Å²) in [7, 11) is 0. The lowest BCUT2D eigenvalue weighted by Crippen LogP contribution is -2.06. The largest absolute Gasteiger partial charge is 0.363 e. The Morgan fingerprint density at radius 2 is 1.95 bits per heavy atom. The van der Waals surface area contributed by atoms with Crippen LogP contribution < -0.4 is 0 Å². The van der Waals surface area contributed by atoms with Gasteiger partial charge in [0.2, 0.25) is 0 Å². The maximum Gasteiger partial charge on any atom is 0.196 e. The zero-order chi connectivity index (χ0) is 15.5. The van der Waals surface area contributed by atoms with Crippen LogP contribution in [0.3, 0.4) is 0 Å². The van der Waals surface area contributed by atoms with Crippen molar-refractivity contribution in [3.63, 3.8) is 0 Å². The second kappa shape index (κ2) is 6.53. The van der Waals surface area contributed by atoms with Crippen molar-refractivity contribution in [1.82, 2.24) is 4.98 Å². The topological polar surface area (TPSA) is 45.2 Å². The van der Waals surface area contributed by atoms with Gasteiger partial charge in [0.05, 0.1) is 5.69 Å². The first-order valence-electron chi connectivity index (χ1n) is 7.32. The molecule has 0 aliphatic rings. The number of nitrogens with one attached hydrogen (secondary N) is 1. The Balaban J connectivity index is 2.11. The fourth-order valence-corrected chi connectivity index (χ4v) is 2.86. The molecule has 3 aromatic rings. The minimum atomic E-state index is -0.963. The number of H-pyrrole nitrogens is 1. The summed E-state index contributed by atoms with van der Waals surface area (Å²) in [5, 5.41) is 12.0. The van der Waals surface area contributed by atoms with E-state index in [2.05, 4.69) is 17.1 Å². The van der Waals surface area contributed by atoms with E-state index in [4.69, 9.17) is 16.3 Å². The number of aliphatic hydroxyl groups is 1. The summed E-state index contributed by atoms with van der Waals surface area (Å²) in [5.74, 6) is 0. The lowest BCUT2D eigenvalue weighted by Gasteiger charge is -2.12. The van der Waals surface area contributed by atoms with Gasteiger partial charge >= 0.3 is 0 Å². The van der Waals surface area contributed by atoms with Crippen LogP contribution in [0.2, 0.25) is 5.02 Å². The van der Waals surface area contributed by atoms with Gasteiger partial charge in [-0.05, 0) is 36.2 Å². The quantitative estimate of drug-likeness (QED) is 0.684. The minimum Gasteiger partial charge on any atom is -0.363 e. The van der Waals surface area contributed by atoms with Gasteiger partial charge in [0.15, 0.2) is 6.29 Å². The molecule has 3 rings (SSSR count). The third-order valence-electron chi connectivity index (χ3n) is 3.70. The standard InChI is InChI=1S/C18H18ClNO2/c1-2-22-18(21)17-15(10-12-6-4-3-5-7-12)14-11-13(19)8-9-16(14)20-17/h3-9,11,18,20-21H,2,10H2,1H3. The molecule has 0 spiro atoms. The molecule has 0 aliphatic carbocycles. The van der Waals surface area contributed by atoms with E-state index in [0.29, 0.717) is 23.7 Å². The molecular weight excluding hydrogens is 298 g/mol. The molecule has 0 radical (unpaired) electrons. The van der Waals surface area contributed by atoms with Crippen LogP contribution in [0.1, 0.15) is 30.0 Å². The lowest BCUT2D eigenvalue weighted by molar-refractivity contribution is -0.101. The molecule has 114 valence electrons. The molecule has 4 heteroatoms. The smallest absolute Gasteiger partial charge is 0.196 e. The molecule has 1 aromatic heterocycles. The second-order valence-electron chi connectivity index (χ2n) is 5.18. The van der Waals surface area contributed by atoms with Crippen molar-refractivity contribution in [2.45, 2.75) is 19.6 Å². The predicted molar refractivity (Wildman–Crippen MR) is 89.1 cm³/mol.